The molecule has 4 fully saturated rings. The van der Waals surface area contributed by atoms with Crippen molar-refractivity contribution in [2.75, 3.05) is 132 Å². The molecule has 0 aromatic heterocycles. The van der Waals surface area contributed by atoms with Crippen molar-refractivity contribution < 1.29 is 70.1 Å². The molecule has 0 aliphatic carbocycles. The quantitative estimate of drug-likeness (QED) is 0.0125. The number of benzene rings is 3. The number of hydrogen-bond acceptors (Lipinski definition) is 18. The van der Waals surface area contributed by atoms with Gasteiger partial charge in [0.05, 0.1) is 28.9 Å². The first-order valence-electron chi connectivity index (χ1n) is 32.6. The molecule has 1 radical (unpaired) electrons. The van der Waals surface area contributed by atoms with E-state index in [9.17, 15) is 48.3 Å². The van der Waals surface area contributed by atoms with E-state index in [1.54, 1.807) is 12.1 Å². The van der Waals surface area contributed by atoms with Crippen molar-refractivity contribution in [3.63, 3.8) is 0 Å². The van der Waals surface area contributed by atoms with E-state index >= 15 is 0 Å². The molecule has 2 bridgehead atoms. The maximum absolute atomic E-state index is 14.6. The number of halogens is 1. The van der Waals surface area contributed by atoms with Gasteiger partial charge in [-0.1, -0.05) is 55.5 Å². The minimum Gasteiger partial charge on any atom is -0.507 e. The number of hydrogen-bond donors (Lipinski definition) is 17. The van der Waals surface area contributed by atoms with Crippen LogP contribution in [-0.4, -0.2) is 230 Å². The van der Waals surface area contributed by atoms with Gasteiger partial charge in [0, 0.05) is 173 Å². The molecule has 7 rings (SSSR count). The molecule has 0 spiro atoms. The number of fused-ring (bicyclic) bond motifs is 16. The fourth-order valence-electron chi connectivity index (χ4n) is 11.3. The second kappa shape index (κ2) is 42.0. The third-order valence-electron chi connectivity index (χ3n) is 16.5. The zero-order valence-corrected chi connectivity index (χ0v) is 57.7. The number of guanidine groups is 1. The Morgan fingerprint density at radius 3 is 1.77 bits per heavy atom. The van der Waals surface area contributed by atoms with Gasteiger partial charge >= 0.3 is 0 Å². The molecule has 4 atom stereocenters. The Hall–Kier alpha value is -6.81. The van der Waals surface area contributed by atoms with E-state index in [0.717, 1.165) is 69.7 Å². The molecule has 3 aromatic rings. The molecule has 4 aliphatic heterocycles. The second-order valence-electron chi connectivity index (χ2n) is 24.6. The van der Waals surface area contributed by atoms with E-state index in [0.29, 0.717) is 40.8 Å². The van der Waals surface area contributed by atoms with Crippen molar-refractivity contribution in [2.45, 2.75) is 107 Å². The van der Waals surface area contributed by atoms with E-state index in [-0.39, 0.29) is 150 Å². The fourth-order valence-corrected chi connectivity index (χ4v) is 11.9. The van der Waals surface area contributed by atoms with Crippen LogP contribution in [0, 0.1) is 8.99 Å². The Morgan fingerprint density at radius 2 is 1.16 bits per heavy atom. The molecule has 95 heavy (non-hydrogen) atoms. The fraction of sp³-hybridized carbons (Fsp3) is 0.594. The largest absolute Gasteiger partial charge is 0.507 e. The molecule has 4 aliphatic rings. The Balaban J connectivity index is 0.0000163. The van der Waals surface area contributed by atoms with Crippen molar-refractivity contribution in [3.05, 3.63) is 75.4 Å². The summed E-state index contributed by atoms with van der Waals surface area (Å²) in [6.45, 7) is 11.6. The summed E-state index contributed by atoms with van der Waals surface area (Å²) in [5.41, 5.74) is 11.9. The van der Waals surface area contributed by atoms with Crippen molar-refractivity contribution in [1.29, 1.82) is 0 Å². The molecule has 4 heterocycles. The van der Waals surface area contributed by atoms with E-state index in [4.69, 9.17) is 16.2 Å². The van der Waals surface area contributed by atoms with Gasteiger partial charge in [-0.15, -0.1) is 0 Å². The molecular weight excluding hydrogens is 1390 g/mol. The monoisotopic (exact) mass is 1490 g/mol. The first-order valence-corrected chi connectivity index (χ1v) is 33.7. The van der Waals surface area contributed by atoms with Crippen LogP contribution in [0.4, 0.5) is 0 Å². The van der Waals surface area contributed by atoms with Gasteiger partial charge in [-0.05, 0) is 88.7 Å². The number of carbonyl (C=O) groups is 9. The molecule has 3 aromatic carbocycles. The van der Waals surface area contributed by atoms with E-state index < -0.39 is 77.6 Å². The van der Waals surface area contributed by atoms with E-state index in [1.807, 2.05) is 65.1 Å². The summed E-state index contributed by atoms with van der Waals surface area (Å²) >= 11 is 1.94. The number of rotatable bonds is 26. The molecule has 19 N–H and O–H groups in total. The smallest absolute Gasteiger partial charge is 0.245 e. The number of phenols is 1. The van der Waals surface area contributed by atoms with Crippen molar-refractivity contribution in [3.8, 4) is 5.75 Å². The van der Waals surface area contributed by atoms with Crippen LogP contribution in [0.2, 0.25) is 0 Å². The summed E-state index contributed by atoms with van der Waals surface area (Å²) in [7, 11) is 1.39. The molecule has 529 valence electrons. The van der Waals surface area contributed by atoms with E-state index in [1.165, 1.54) is 18.0 Å². The van der Waals surface area contributed by atoms with Gasteiger partial charge in [0.2, 0.25) is 53.2 Å². The van der Waals surface area contributed by atoms with E-state index in [2.05, 4.69) is 86.4 Å². The first-order chi connectivity index (χ1) is 45.2. The number of carbonyl (C=O) groups excluding carboxylic acids is 9. The van der Waals surface area contributed by atoms with Crippen molar-refractivity contribution in [1.82, 2.24) is 79.3 Å². The Bertz CT molecular complexity index is 2990. The number of amides is 9. The van der Waals surface area contributed by atoms with Gasteiger partial charge in [-0.2, -0.15) is 0 Å². The van der Waals surface area contributed by atoms with Crippen LogP contribution in [0.15, 0.2) is 65.7 Å². The summed E-state index contributed by atoms with van der Waals surface area (Å²) in [4.78, 5) is 128. The summed E-state index contributed by atoms with van der Waals surface area (Å²) in [5, 5.41) is 56.1. The number of ether oxygens (including phenoxy) is 1. The number of likely N-dealkylation sites (N-methyl/N-ethyl adjacent to an activating group) is 1. The second-order valence-corrected chi connectivity index (χ2v) is 25.8. The molecule has 29 nitrogen and oxygen atoms in total. The van der Waals surface area contributed by atoms with Crippen molar-refractivity contribution in [2.24, 2.45) is 21.9 Å². The zero-order chi connectivity index (χ0) is 67.7. The van der Waals surface area contributed by atoms with Crippen LogP contribution in [0.25, 0.3) is 10.8 Å². The Morgan fingerprint density at radius 1 is 0.621 bits per heavy atom. The van der Waals surface area contributed by atoms with Crippen LogP contribution >= 0.6 is 22.6 Å². The maximum atomic E-state index is 14.6. The van der Waals surface area contributed by atoms with Gasteiger partial charge in [0.25, 0.3) is 0 Å². The van der Waals surface area contributed by atoms with Crippen molar-refractivity contribution >= 4 is 92.5 Å². The predicted octanol–water partition coefficient (Wildman–Crippen LogP) is -3.08. The summed E-state index contributed by atoms with van der Waals surface area (Å²) in [6, 6.07) is 12.9. The van der Waals surface area contributed by atoms with Crippen LogP contribution in [0.1, 0.15) is 75.8 Å². The van der Waals surface area contributed by atoms with Crippen LogP contribution in [0.3, 0.4) is 0 Å². The topological polar surface area (TPSA) is 419 Å². The molecule has 9 amide bonds. The van der Waals surface area contributed by atoms with Crippen LogP contribution in [0.5, 0.6) is 5.75 Å². The number of nitrogens with zero attached hydrogens (tertiary/aromatic N) is 2. The van der Waals surface area contributed by atoms with Gasteiger partial charge in [-0.3, -0.25) is 48.1 Å². The molecule has 0 unspecified atom stereocenters. The summed E-state index contributed by atoms with van der Waals surface area (Å²) < 4.78 is 6.09. The van der Waals surface area contributed by atoms with Crippen LogP contribution in [-0.2, 0) is 77.8 Å². The number of phenolic OH excluding ortho intramolecular Hbond substituents is 1. The average molecular weight is 1490 g/mol. The number of nitrogens with one attached hydrogen (secondary N) is 14. The van der Waals surface area contributed by atoms with Gasteiger partial charge < -0.3 is 101 Å². The maximum Gasteiger partial charge on any atom is 0.245 e. The van der Waals surface area contributed by atoms with Crippen LogP contribution < -0.4 is 85.9 Å². The number of nitrogens with two attached hydrogens (primary N) is 2. The SMILES string of the molecule is CN1C(=O)[C@@H](Cc2ccc(O)c(I)c2)NC(=O)CNC(=O)[C@H](Cc2ccc3ccccc3c2)NC(=O)[C@H](CCCN=C(N)N)NC(=O)[C@H]1CCCNC(=O)CCC(=O)NCCOCCNC(=O)CCCC(=O)NC12CNCCNCC(C)(CNCCNC1)CNCCNC2.[Cu]. The molecule has 31 heteroatoms. The van der Waals surface area contributed by atoms with Gasteiger partial charge in [0.15, 0.2) is 5.96 Å². The normalized spacial score (nSPS) is 22.3. The third kappa shape index (κ3) is 28.8. The molecular formula is C64H99CuIN18O11. The van der Waals surface area contributed by atoms with Gasteiger partial charge in [-0.25, -0.2) is 0 Å². The Labute approximate surface area is 580 Å². The summed E-state index contributed by atoms with van der Waals surface area (Å²) in [6.07, 6.45) is 0.709. The average Bonchev–Trinajstić information content (AvgIpc) is 1.60. The minimum atomic E-state index is -1.28. The van der Waals surface area contributed by atoms with Gasteiger partial charge in [0.1, 0.15) is 29.9 Å². The zero-order valence-electron chi connectivity index (χ0n) is 54.6. The summed E-state index contributed by atoms with van der Waals surface area (Å²) in [5.74, 6) is -4.89. The molecule has 4 saturated heterocycles. The minimum absolute atomic E-state index is 0. The predicted molar refractivity (Wildman–Crippen MR) is 366 cm³/mol. The molecule has 0 saturated carbocycles. The first kappa shape index (κ1) is 78.9. The third-order valence-corrected chi connectivity index (χ3v) is 17.3. The number of aromatic hydroxyl groups is 1. The standard InChI is InChI=1S/C64H99IN18O11.Cu/c1-63-37-68-22-25-71-40-64(41-72-26-23-69-38-63,42-73-27-24-70-39-63)82-56(88)13-5-12-53(85)75-28-30-94-31-29-76-55(87)19-18-54(86)74-20-7-11-51-60(92)80-48(10-6-21-77-62(66)67)59(91)81-49(34-43-14-16-45-8-3-4-9-46(45)32-43)58(90)78-36-57(89)79-50(61(93)83(51)2)35-44-15-17-52(84)47(65)33-44;/h3-4,8-9,14-17,32-33,48-51,68-73,84H,5-7,10-13,18-31,34-42H2,1-2H3,(H,74,86)(H,75,85)(H,76,87)(H,78,90)(H,79,89)(H,80,92)(H,81,91)(H,82,88)(H4,66,67,77);/t48-,49-,50+,51+,63?,64?;/m0./s1. The Kier molecular flexibility index (Phi) is 34.9. The number of aliphatic imine (C=N–C) groups is 1.